The van der Waals surface area contributed by atoms with Gasteiger partial charge in [-0.25, -0.2) is 0 Å². The first-order valence-corrected chi connectivity index (χ1v) is 12.8. The Morgan fingerprint density at radius 3 is 1.02 bits per heavy atom. The number of unbranched alkanes of at least 4 members (excludes halogenated alkanes) is 2. The third kappa shape index (κ3) is 11.3. The molecule has 40 heavy (non-hydrogen) atoms. The van der Waals surface area contributed by atoms with Crippen molar-refractivity contribution >= 4 is 23.9 Å². The van der Waals surface area contributed by atoms with Crippen molar-refractivity contribution in [1.82, 2.24) is 0 Å². The Bertz CT molecular complexity index is 1220. The van der Waals surface area contributed by atoms with Crippen molar-refractivity contribution in [3.63, 3.8) is 0 Å². The van der Waals surface area contributed by atoms with Gasteiger partial charge in [0.2, 0.25) is 0 Å². The number of aromatic hydroxyl groups is 2. The first-order valence-electron chi connectivity index (χ1n) is 12.8. The Morgan fingerprint density at radius 1 is 0.450 bits per heavy atom. The number of phenols is 2. The van der Waals surface area contributed by atoms with Crippen molar-refractivity contribution < 1.29 is 48.3 Å². The van der Waals surface area contributed by atoms with Crippen LogP contribution in [0.1, 0.15) is 51.4 Å². The smallest absolute Gasteiger partial charge is 0.311 e. The Morgan fingerprint density at radius 2 is 0.725 bits per heavy atom. The summed E-state index contributed by atoms with van der Waals surface area (Å²) >= 11 is 0. The van der Waals surface area contributed by atoms with E-state index in [2.05, 4.69) is 0 Å². The van der Waals surface area contributed by atoms with Crippen molar-refractivity contribution in [2.45, 2.75) is 51.4 Å². The van der Waals surface area contributed by atoms with E-state index in [1.165, 1.54) is 30.3 Å². The van der Waals surface area contributed by atoms with Gasteiger partial charge in [0.1, 0.15) is 34.5 Å². The van der Waals surface area contributed by atoms with E-state index in [0.717, 1.165) is 0 Å². The molecule has 10 nitrogen and oxygen atoms in total. The molecule has 0 aromatic heterocycles. The normalized spacial score (nSPS) is 10.4. The zero-order valence-electron chi connectivity index (χ0n) is 21.7. The molecule has 0 amide bonds. The van der Waals surface area contributed by atoms with Gasteiger partial charge < -0.3 is 29.2 Å². The molecule has 0 unspecified atom stereocenters. The molecule has 10 heteroatoms. The summed E-state index contributed by atoms with van der Waals surface area (Å²) in [7, 11) is 0. The second-order valence-electron chi connectivity index (χ2n) is 8.78. The van der Waals surface area contributed by atoms with Crippen LogP contribution in [-0.4, -0.2) is 34.1 Å². The fraction of sp³-hybridized carbons (Fsp3) is 0.267. The number of hydrogen-bond donors (Lipinski definition) is 2. The molecule has 0 saturated heterocycles. The summed E-state index contributed by atoms with van der Waals surface area (Å²) in [4.78, 5) is 48.1. The van der Waals surface area contributed by atoms with Crippen molar-refractivity contribution in [1.29, 1.82) is 0 Å². The molecule has 3 aromatic carbocycles. The van der Waals surface area contributed by atoms with E-state index >= 15 is 0 Å². The SMILES string of the molecule is O=C(CCCCC(=O)Oc1cccc(OC(=O)CCCCC(=O)Oc2cccc(O)c2)c1)Oc1cccc(O)c1. The molecule has 0 saturated carbocycles. The monoisotopic (exact) mass is 550 g/mol. The third-order valence-corrected chi connectivity index (χ3v) is 5.39. The van der Waals surface area contributed by atoms with Crippen LogP contribution in [0.3, 0.4) is 0 Å². The summed E-state index contributed by atoms with van der Waals surface area (Å²) in [5.41, 5.74) is 0. The fourth-order valence-corrected chi connectivity index (χ4v) is 3.50. The van der Waals surface area contributed by atoms with Gasteiger partial charge in [-0.2, -0.15) is 0 Å². The molecule has 3 rings (SSSR count). The van der Waals surface area contributed by atoms with Gasteiger partial charge in [0.15, 0.2) is 0 Å². The molecule has 0 aliphatic heterocycles. The molecular formula is C30H30O10. The third-order valence-electron chi connectivity index (χ3n) is 5.39. The van der Waals surface area contributed by atoms with Crippen LogP contribution in [0.2, 0.25) is 0 Å². The molecule has 2 N–H and O–H groups in total. The Labute approximate surface area is 231 Å². The van der Waals surface area contributed by atoms with Crippen LogP contribution < -0.4 is 18.9 Å². The lowest BCUT2D eigenvalue weighted by atomic mass is 10.2. The van der Waals surface area contributed by atoms with Gasteiger partial charge in [-0.05, 0) is 62.1 Å². The average molecular weight is 551 g/mol. The van der Waals surface area contributed by atoms with Gasteiger partial charge in [0.05, 0.1) is 0 Å². The van der Waals surface area contributed by atoms with Gasteiger partial charge >= 0.3 is 23.9 Å². The minimum absolute atomic E-state index is 0.00563. The highest BCUT2D eigenvalue weighted by Gasteiger charge is 2.11. The minimum Gasteiger partial charge on any atom is -0.508 e. The molecule has 0 radical (unpaired) electrons. The summed E-state index contributed by atoms with van der Waals surface area (Å²) in [5.74, 6) is -1.02. The summed E-state index contributed by atoms with van der Waals surface area (Å²) in [6.07, 6.45) is 2.01. The second kappa shape index (κ2) is 15.5. The summed E-state index contributed by atoms with van der Waals surface area (Å²) in [6.45, 7) is 0. The predicted molar refractivity (Wildman–Crippen MR) is 142 cm³/mol. The quantitative estimate of drug-likeness (QED) is 0.155. The maximum atomic E-state index is 12.2. The largest absolute Gasteiger partial charge is 0.508 e. The fourth-order valence-electron chi connectivity index (χ4n) is 3.50. The zero-order valence-corrected chi connectivity index (χ0v) is 21.7. The highest BCUT2D eigenvalue weighted by atomic mass is 16.6. The lowest BCUT2D eigenvalue weighted by Gasteiger charge is -2.08. The van der Waals surface area contributed by atoms with Crippen LogP contribution in [0.25, 0.3) is 0 Å². The summed E-state index contributed by atoms with van der Waals surface area (Å²) in [6, 6.07) is 18.0. The van der Waals surface area contributed by atoms with Gasteiger partial charge in [0.25, 0.3) is 0 Å². The van der Waals surface area contributed by atoms with E-state index in [-0.39, 0.29) is 60.2 Å². The number of phenolic OH excluding ortho intramolecular Hbond substituents is 2. The number of esters is 4. The zero-order chi connectivity index (χ0) is 28.7. The molecule has 0 bridgehead atoms. The van der Waals surface area contributed by atoms with Crippen LogP contribution in [0.15, 0.2) is 72.8 Å². The van der Waals surface area contributed by atoms with Gasteiger partial charge in [-0.15, -0.1) is 0 Å². The molecule has 210 valence electrons. The first-order chi connectivity index (χ1) is 19.3. The van der Waals surface area contributed by atoms with E-state index in [1.807, 2.05) is 0 Å². The van der Waals surface area contributed by atoms with Gasteiger partial charge in [-0.1, -0.05) is 18.2 Å². The maximum absolute atomic E-state index is 12.2. The molecule has 0 aliphatic rings. The molecule has 0 aliphatic carbocycles. The molecule has 0 heterocycles. The molecule has 0 atom stereocenters. The van der Waals surface area contributed by atoms with Gasteiger partial charge in [-0.3, -0.25) is 19.2 Å². The highest BCUT2D eigenvalue weighted by molar-refractivity contribution is 5.75. The number of hydrogen-bond acceptors (Lipinski definition) is 10. The molecule has 3 aromatic rings. The van der Waals surface area contributed by atoms with E-state index in [1.54, 1.807) is 42.5 Å². The van der Waals surface area contributed by atoms with Crippen molar-refractivity contribution in [2.75, 3.05) is 0 Å². The molecular weight excluding hydrogens is 520 g/mol. The molecule has 0 spiro atoms. The van der Waals surface area contributed by atoms with Crippen LogP contribution in [0, 0.1) is 0 Å². The van der Waals surface area contributed by atoms with Crippen LogP contribution in [-0.2, 0) is 19.2 Å². The second-order valence-corrected chi connectivity index (χ2v) is 8.78. The Kier molecular flexibility index (Phi) is 11.5. The average Bonchev–Trinajstić information content (AvgIpc) is 2.89. The molecule has 0 fully saturated rings. The van der Waals surface area contributed by atoms with Gasteiger partial charge in [0, 0.05) is 43.9 Å². The van der Waals surface area contributed by atoms with Crippen LogP contribution in [0.4, 0.5) is 0 Å². The van der Waals surface area contributed by atoms with E-state index in [9.17, 15) is 29.4 Å². The number of carbonyl (C=O) groups is 4. The Balaban J connectivity index is 1.29. The van der Waals surface area contributed by atoms with E-state index in [0.29, 0.717) is 25.7 Å². The number of rotatable bonds is 14. The minimum atomic E-state index is -0.498. The summed E-state index contributed by atoms with van der Waals surface area (Å²) in [5, 5.41) is 18.8. The van der Waals surface area contributed by atoms with Crippen molar-refractivity contribution in [2.24, 2.45) is 0 Å². The van der Waals surface area contributed by atoms with Crippen molar-refractivity contribution in [3.8, 4) is 34.5 Å². The topological polar surface area (TPSA) is 146 Å². The standard InChI is InChI=1S/C30H30O10/c31-21-8-5-10-23(18-21)37-27(33)14-1-3-16-29(35)39-25-12-7-13-26(20-25)40-30(36)17-4-2-15-28(34)38-24-11-6-9-22(32)19-24/h5-13,18-20,31-32H,1-4,14-17H2. The van der Waals surface area contributed by atoms with Crippen molar-refractivity contribution in [3.05, 3.63) is 72.8 Å². The van der Waals surface area contributed by atoms with Crippen LogP contribution >= 0.6 is 0 Å². The number of benzene rings is 3. The predicted octanol–water partition coefficient (Wildman–Crippen LogP) is 5.24. The first kappa shape index (κ1) is 29.7. The summed E-state index contributed by atoms with van der Waals surface area (Å²) < 4.78 is 20.8. The Hall–Kier alpha value is -4.86. The number of ether oxygens (including phenoxy) is 4. The lowest BCUT2D eigenvalue weighted by molar-refractivity contribution is -0.136. The van der Waals surface area contributed by atoms with Crippen LogP contribution in [0.5, 0.6) is 34.5 Å². The maximum Gasteiger partial charge on any atom is 0.311 e. The van der Waals surface area contributed by atoms with E-state index in [4.69, 9.17) is 18.9 Å². The van der Waals surface area contributed by atoms with E-state index < -0.39 is 23.9 Å². The highest BCUT2D eigenvalue weighted by Crippen LogP contribution is 2.22. The lowest BCUT2D eigenvalue weighted by Crippen LogP contribution is -2.11. The number of carbonyl (C=O) groups excluding carboxylic acids is 4.